The minimum atomic E-state index is -0.203. The molecule has 1 atom stereocenters. The van der Waals surface area contributed by atoms with Crippen LogP contribution < -0.4 is 15.4 Å². The van der Waals surface area contributed by atoms with Crippen LogP contribution in [0.3, 0.4) is 0 Å². The first kappa shape index (κ1) is 18.5. The summed E-state index contributed by atoms with van der Waals surface area (Å²) in [6.45, 7) is 4.89. The summed E-state index contributed by atoms with van der Waals surface area (Å²) in [5.41, 5.74) is 0.987. The van der Waals surface area contributed by atoms with Crippen molar-refractivity contribution < 1.29 is 14.3 Å². The first-order chi connectivity index (χ1) is 12.5. The number of hydrogen-bond donors (Lipinski definition) is 2. The molecule has 2 aliphatic rings. The number of piperidine rings is 1. The van der Waals surface area contributed by atoms with Crippen LogP contribution in [-0.4, -0.2) is 67.6 Å². The Bertz CT molecular complexity index is 673. The SMILES string of the molecule is CNC(=O)c1ccc(OC)c(NC(=O)N2CC(N3CCCC[C@H]3C)C2)c1. The van der Waals surface area contributed by atoms with Crippen molar-refractivity contribution in [1.82, 2.24) is 15.1 Å². The molecule has 2 heterocycles. The molecule has 0 radical (unpaired) electrons. The Morgan fingerprint density at radius 2 is 2.00 bits per heavy atom. The molecular formula is C19H28N4O3. The highest BCUT2D eigenvalue weighted by molar-refractivity contribution is 5.98. The van der Waals surface area contributed by atoms with Crippen molar-refractivity contribution in [3.05, 3.63) is 23.8 Å². The first-order valence-electron chi connectivity index (χ1n) is 9.25. The van der Waals surface area contributed by atoms with E-state index in [1.54, 1.807) is 37.3 Å². The molecule has 1 aromatic rings. The monoisotopic (exact) mass is 360 g/mol. The van der Waals surface area contributed by atoms with Crippen molar-refractivity contribution in [2.45, 2.75) is 38.3 Å². The van der Waals surface area contributed by atoms with Gasteiger partial charge in [0.25, 0.3) is 5.91 Å². The van der Waals surface area contributed by atoms with Crippen molar-refractivity contribution in [1.29, 1.82) is 0 Å². The highest BCUT2D eigenvalue weighted by Gasteiger charge is 2.37. The zero-order valence-electron chi connectivity index (χ0n) is 15.7. The van der Waals surface area contributed by atoms with Crippen LogP contribution >= 0.6 is 0 Å². The Balaban J connectivity index is 1.61. The summed E-state index contributed by atoms with van der Waals surface area (Å²) >= 11 is 0. The maximum Gasteiger partial charge on any atom is 0.322 e. The van der Waals surface area contributed by atoms with E-state index in [1.165, 1.54) is 19.3 Å². The van der Waals surface area contributed by atoms with Gasteiger partial charge in [-0.15, -0.1) is 0 Å². The van der Waals surface area contributed by atoms with E-state index in [9.17, 15) is 9.59 Å². The predicted octanol–water partition coefficient (Wildman–Crippen LogP) is 2.15. The maximum absolute atomic E-state index is 12.6. The van der Waals surface area contributed by atoms with E-state index < -0.39 is 0 Å². The van der Waals surface area contributed by atoms with Crippen LogP contribution in [-0.2, 0) is 0 Å². The number of nitrogens with one attached hydrogen (secondary N) is 2. The fourth-order valence-corrected chi connectivity index (χ4v) is 3.78. The molecule has 26 heavy (non-hydrogen) atoms. The third-order valence-corrected chi connectivity index (χ3v) is 5.40. The Morgan fingerprint density at radius 3 is 2.65 bits per heavy atom. The lowest BCUT2D eigenvalue weighted by molar-refractivity contribution is 0.0199. The van der Waals surface area contributed by atoms with E-state index in [1.807, 2.05) is 0 Å². The van der Waals surface area contributed by atoms with E-state index >= 15 is 0 Å². The van der Waals surface area contributed by atoms with Crippen LogP contribution in [0.2, 0.25) is 0 Å². The molecule has 2 aliphatic heterocycles. The van der Waals surface area contributed by atoms with Gasteiger partial charge in [0, 0.05) is 37.8 Å². The van der Waals surface area contributed by atoms with E-state index in [-0.39, 0.29) is 11.9 Å². The molecule has 0 aromatic heterocycles. The lowest BCUT2D eigenvalue weighted by atomic mass is 9.98. The molecule has 7 nitrogen and oxygen atoms in total. The number of benzene rings is 1. The summed E-state index contributed by atoms with van der Waals surface area (Å²) in [5, 5.41) is 5.46. The number of amides is 3. The summed E-state index contributed by atoms with van der Waals surface area (Å²) in [6, 6.07) is 5.90. The van der Waals surface area contributed by atoms with Crippen molar-refractivity contribution in [2.24, 2.45) is 0 Å². The van der Waals surface area contributed by atoms with Gasteiger partial charge in [0.2, 0.25) is 0 Å². The number of anilines is 1. The molecule has 3 rings (SSSR count). The van der Waals surface area contributed by atoms with Gasteiger partial charge in [0.15, 0.2) is 0 Å². The van der Waals surface area contributed by atoms with E-state index in [2.05, 4.69) is 22.5 Å². The van der Waals surface area contributed by atoms with Gasteiger partial charge in [-0.05, 0) is 44.5 Å². The normalized spacial score (nSPS) is 21.0. The minimum Gasteiger partial charge on any atom is -0.495 e. The molecule has 0 aliphatic carbocycles. The molecule has 0 unspecified atom stereocenters. The van der Waals surface area contributed by atoms with Gasteiger partial charge in [-0.2, -0.15) is 0 Å². The van der Waals surface area contributed by atoms with Crippen LogP contribution in [0.1, 0.15) is 36.5 Å². The van der Waals surface area contributed by atoms with Crippen molar-refractivity contribution in [3.8, 4) is 5.75 Å². The molecule has 3 amide bonds. The number of urea groups is 1. The first-order valence-corrected chi connectivity index (χ1v) is 9.25. The molecular weight excluding hydrogens is 332 g/mol. The average molecular weight is 360 g/mol. The van der Waals surface area contributed by atoms with Crippen LogP contribution in [0.5, 0.6) is 5.75 Å². The fourth-order valence-electron chi connectivity index (χ4n) is 3.78. The molecule has 7 heteroatoms. The van der Waals surface area contributed by atoms with Crippen LogP contribution in [0, 0.1) is 0 Å². The Labute approximate surface area is 154 Å². The van der Waals surface area contributed by atoms with Gasteiger partial charge in [-0.3, -0.25) is 9.69 Å². The second-order valence-electron chi connectivity index (χ2n) is 7.07. The summed E-state index contributed by atoms with van der Waals surface area (Å²) in [4.78, 5) is 28.7. The summed E-state index contributed by atoms with van der Waals surface area (Å²) < 4.78 is 5.30. The number of likely N-dealkylation sites (tertiary alicyclic amines) is 2. The van der Waals surface area contributed by atoms with Crippen LogP contribution in [0.4, 0.5) is 10.5 Å². The Kier molecular flexibility index (Phi) is 5.66. The summed E-state index contributed by atoms with van der Waals surface area (Å²) in [5.74, 6) is 0.332. The summed E-state index contributed by atoms with van der Waals surface area (Å²) in [6.07, 6.45) is 3.79. The minimum absolute atomic E-state index is 0.154. The number of rotatable bonds is 4. The zero-order chi connectivity index (χ0) is 18.7. The zero-order valence-corrected chi connectivity index (χ0v) is 15.7. The molecule has 0 spiro atoms. The molecule has 0 saturated carbocycles. The molecule has 2 saturated heterocycles. The van der Waals surface area contributed by atoms with Crippen molar-refractivity contribution in [2.75, 3.05) is 39.1 Å². The largest absolute Gasteiger partial charge is 0.495 e. The van der Waals surface area contributed by atoms with Crippen molar-refractivity contribution in [3.63, 3.8) is 0 Å². The van der Waals surface area contributed by atoms with Gasteiger partial charge < -0.3 is 20.3 Å². The Hall–Kier alpha value is -2.28. The van der Waals surface area contributed by atoms with Gasteiger partial charge >= 0.3 is 6.03 Å². The lowest BCUT2D eigenvalue weighted by Gasteiger charge is -2.49. The molecule has 0 bridgehead atoms. The molecule has 2 N–H and O–H groups in total. The second kappa shape index (κ2) is 7.95. The topological polar surface area (TPSA) is 73.9 Å². The molecule has 142 valence electrons. The number of nitrogens with zero attached hydrogens (tertiary/aromatic N) is 2. The van der Waals surface area contributed by atoms with Crippen LogP contribution in [0.15, 0.2) is 18.2 Å². The maximum atomic E-state index is 12.6. The van der Waals surface area contributed by atoms with Crippen molar-refractivity contribution >= 4 is 17.6 Å². The number of carbonyl (C=O) groups excluding carboxylic acids is 2. The van der Waals surface area contributed by atoms with Gasteiger partial charge in [-0.25, -0.2) is 4.79 Å². The number of methoxy groups -OCH3 is 1. The number of ether oxygens (including phenoxy) is 1. The third kappa shape index (κ3) is 3.77. The van der Waals surface area contributed by atoms with E-state index in [4.69, 9.17) is 4.74 Å². The smallest absolute Gasteiger partial charge is 0.322 e. The van der Waals surface area contributed by atoms with E-state index in [0.29, 0.717) is 29.1 Å². The Morgan fingerprint density at radius 1 is 1.23 bits per heavy atom. The lowest BCUT2D eigenvalue weighted by Crippen LogP contribution is -2.64. The quantitative estimate of drug-likeness (QED) is 0.863. The number of hydrogen-bond acceptors (Lipinski definition) is 4. The standard InChI is InChI=1S/C19H28N4O3/c1-13-6-4-5-9-23(13)15-11-22(12-15)19(25)21-16-10-14(18(24)20-2)7-8-17(16)26-3/h7-8,10,13,15H,4-6,9,11-12H2,1-3H3,(H,20,24)(H,21,25)/t13-/m1/s1. The number of carbonyl (C=O) groups is 2. The van der Waals surface area contributed by atoms with Crippen LogP contribution in [0.25, 0.3) is 0 Å². The van der Waals surface area contributed by atoms with Gasteiger partial charge in [-0.1, -0.05) is 6.42 Å². The predicted molar refractivity (Wildman–Crippen MR) is 101 cm³/mol. The molecule has 2 fully saturated rings. The van der Waals surface area contributed by atoms with E-state index in [0.717, 1.165) is 19.6 Å². The second-order valence-corrected chi connectivity index (χ2v) is 7.07. The average Bonchev–Trinajstić information content (AvgIpc) is 2.61. The highest BCUT2D eigenvalue weighted by atomic mass is 16.5. The highest BCUT2D eigenvalue weighted by Crippen LogP contribution is 2.28. The van der Waals surface area contributed by atoms with Gasteiger partial charge in [0.05, 0.1) is 12.8 Å². The fraction of sp³-hybridized carbons (Fsp3) is 0.579. The third-order valence-electron chi connectivity index (χ3n) is 5.40. The summed E-state index contributed by atoms with van der Waals surface area (Å²) in [7, 11) is 3.12. The van der Waals surface area contributed by atoms with Gasteiger partial charge in [0.1, 0.15) is 5.75 Å². The molecule has 1 aromatic carbocycles.